The average Bonchev–Trinajstić information content (AvgIpc) is 2.29. The van der Waals surface area contributed by atoms with Gasteiger partial charge in [0.25, 0.3) is 0 Å². The number of carboxylic acids is 1. The molecule has 0 fully saturated rings. The quantitative estimate of drug-likeness (QED) is 0.678. The Hall–Kier alpha value is -1.95. The van der Waals surface area contributed by atoms with Crippen molar-refractivity contribution in [3.8, 4) is 0 Å². The van der Waals surface area contributed by atoms with Crippen LogP contribution in [0, 0.1) is 6.92 Å². The molecular weight excluding hydrogens is 236 g/mol. The molecule has 0 radical (unpaired) electrons. The summed E-state index contributed by atoms with van der Waals surface area (Å²) < 4.78 is 0. The van der Waals surface area contributed by atoms with E-state index in [1.807, 2.05) is 6.92 Å². The van der Waals surface area contributed by atoms with E-state index >= 15 is 0 Å². The molecule has 18 heavy (non-hydrogen) atoms. The van der Waals surface area contributed by atoms with Crippen LogP contribution in [0.2, 0.25) is 0 Å². The maximum atomic E-state index is 11.5. The van der Waals surface area contributed by atoms with Crippen molar-refractivity contribution in [1.82, 2.24) is 10.3 Å². The summed E-state index contributed by atoms with van der Waals surface area (Å²) in [6.45, 7) is 2.64. The molecule has 3 N–H and O–H groups in total. The number of nitrogens with one attached hydrogen (secondary N) is 1. The number of carbonyl (C=O) groups is 2. The molecule has 98 valence electrons. The van der Waals surface area contributed by atoms with Gasteiger partial charge in [0.05, 0.1) is 13.0 Å². The van der Waals surface area contributed by atoms with Gasteiger partial charge in [-0.3, -0.25) is 9.78 Å². The highest BCUT2D eigenvalue weighted by Gasteiger charge is 2.30. The summed E-state index contributed by atoms with van der Waals surface area (Å²) in [5, 5.41) is 20.4. The first-order chi connectivity index (χ1) is 8.31. The molecule has 1 aromatic heterocycles. The monoisotopic (exact) mass is 252 g/mol. The summed E-state index contributed by atoms with van der Waals surface area (Å²) in [6.07, 6.45) is 1.69. The number of aryl methyl sites for hydroxylation is 1. The van der Waals surface area contributed by atoms with Gasteiger partial charge in [-0.25, -0.2) is 4.79 Å². The largest absolute Gasteiger partial charge is 0.479 e. The zero-order valence-corrected chi connectivity index (χ0v) is 10.3. The van der Waals surface area contributed by atoms with Crippen molar-refractivity contribution >= 4 is 11.9 Å². The molecule has 0 bridgehead atoms. The number of nitrogens with zero attached hydrogens (tertiary/aromatic N) is 1. The van der Waals surface area contributed by atoms with Crippen LogP contribution in [0.3, 0.4) is 0 Å². The van der Waals surface area contributed by atoms with Gasteiger partial charge in [0, 0.05) is 11.9 Å². The van der Waals surface area contributed by atoms with Crippen LogP contribution in [-0.2, 0) is 16.0 Å². The molecular formula is C12H16N2O4. The van der Waals surface area contributed by atoms with Crippen molar-refractivity contribution in [3.05, 3.63) is 29.6 Å². The Balaban J connectivity index is 2.48. The van der Waals surface area contributed by atoms with Gasteiger partial charge in [-0.1, -0.05) is 6.07 Å². The van der Waals surface area contributed by atoms with Crippen LogP contribution in [-0.4, -0.2) is 39.2 Å². The predicted octanol–water partition coefficient (Wildman–Crippen LogP) is -0.116. The smallest absolute Gasteiger partial charge is 0.337 e. The van der Waals surface area contributed by atoms with E-state index in [9.17, 15) is 14.7 Å². The third kappa shape index (κ3) is 4.14. The number of hydrogen-bond donors (Lipinski definition) is 3. The number of aliphatic carboxylic acids is 1. The zero-order chi connectivity index (χ0) is 13.8. The van der Waals surface area contributed by atoms with E-state index < -0.39 is 11.6 Å². The minimum Gasteiger partial charge on any atom is -0.479 e. The Morgan fingerprint density at radius 1 is 1.44 bits per heavy atom. The SMILES string of the molecule is Cc1ccc(CC(=O)NCC(C)(O)C(=O)O)cn1. The topological polar surface area (TPSA) is 99.5 Å². The average molecular weight is 252 g/mol. The predicted molar refractivity (Wildman–Crippen MR) is 63.9 cm³/mol. The van der Waals surface area contributed by atoms with Crippen molar-refractivity contribution in [2.45, 2.75) is 25.9 Å². The molecule has 6 nitrogen and oxygen atoms in total. The van der Waals surface area contributed by atoms with Crippen LogP contribution in [0.5, 0.6) is 0 Å². The van der Waals surface area contributed by atoms with Gasteiger partial charge in [0.2, 0.25) is 5.91 Å². The summed E-state index contributed by atoms with van der Waals surface area (Å²) in [7, 11) is 0. The molecule has 0 aliphatic heterocycles. The molecule has 6 heteroatoms. The van der Waals surface area contributed by atoms with Crippen molar-refractivity contribution in [2.24, 2.45) is 0 Å². The molecule has 0 aliphatic rings. The summed E-state index contributed by atoms with van der Waals surface area (Å²) in [5.74, 6) is -1.73. The normalized spacial score (nSPS) is 13.7. The van der Waals surface area contributed by atoms with E-state index in [0.29, 0.717) is 0 Å². The molecule has 1 rings (SSSR count). The zero-order valence-electron chi connectivity index (χ0n) is 10.3. The highest BCUT2D eigenvalue weighted by molar-refractivity contribution is 5.81. The van der Waals surface area contributed by atoms with Crippen molar-refractivity contribution in [3.63, 3.8) is 0 Å². The van der Waals surface area contributed by atoms with Gasteiger partial charge in [-0.05, 0) is 25.5 Å². The van der Waals surface area contributed by atoms with Crippen molar-refractivity contribution < 1.29 is 19.8 Å². The van der Waals surface area contributed by atoms with Crippen LogP contribution in [0.15, 0.2) is 18.3 Å². The molecule has 1 aromatic rings. The molecule has 0 aliphatic carbocycles. The second kappa shape index (κ2) is 5.59. The third-order valence-corrected chi connectivity index (χ3v) is 2.43. The summed E-state index contributed by atoms with van der Waals surface area (Å²) in [4.78, 5) is 26.2. The number of aliphatic hydroxyl groups is 1. The van der Waals surface area contributed by atoms with E-state index in [2.05, 4.69) is 10.3 Å². The van der Waals surface area contributed by atoms with Crippen molar-refractivity contribution in [1.29, 1.82) is 0 Å². The Morgan fingerprint density at radius 2 is 2.11 bits per heavy atom. The summed E-state index contributed by atoms with van der Waals surface area (Å²) in [6, 6.07) is 3.56. The lowest BCUT2D eigenvalue weighted by atomic mass is 10.1. The van der Waals surface area contributed by atoms with Crippen LogP contribution >= 0.6 is 0 Å². The van der Waals surface area contributed by atoms with Gasteiger partial charge in [-0.15, -0.1) is 0 Å². The minimum absolute atomic E-state index is 0.100. The first-order valence-corrected chi connectivity index (χ1v) is 5.45. The third-order valence-electron chi connectivity index (χ3n) is 2.43. The Morgan fingerprint density at radius 3 is 2.61 bits per heavy atom. The second-order valence-corrected chi connectivity index (χ2v) is 4.34. The standard InChI is InChI=1S/C12H16N2O4/c1-8-3-4-9(6-13-8)5-10(15)14-7-12(2,18)11(16)17/h3-4,6,18H,5,7H2,1-2H3,(H,14,15)(H,16,17). The van der Waals surface area contributed by atoms with E-state index in [-0.39, 0.29) is 18.9 Å². The number of aromatic nitrogens is 1. The minimum atomic E-state index is -1.96. The Bertz CT molecular complexity index is 440. The summed E-state index contributed by atoms with van der Waals surface area (Å²) >= 11 is 0. The van der Waals surface area contributed by atoms with E-state index in [1.54, 1.807) is 18.3 Å². The van der Waals surface area contributed by atoms with Crippen LogP contribution in [0.25, 0.3) is 0 Å². The maximum Gasteiger partial charge on any atom is 0.337 e. The van der Waals surface area contributed by atoms with Gasteiger partial charge < -0.3 is 15.5 Å². The van der Waals surface area contributed by atoms with Crippen molar-refractivity contribution in [2.75, 3.05) is 6.54 Å². The number of carboxylic acid groups (broad SMARTS) is 1. The van der Waals surface area contributed by atoms with Gasteiger partial charge in [-0.2, -0.15) is 0 Å². The number of amides is 1. The van der Waals surface area contributed by atoms with Gasteiger partial charge in [0.1, 0.15) is 0 Å². The van der Waals surface area contributed by atoms with E-state index in [4.69, 9.17) is 5.11 Å². The number of rotatable bonds is 5. The number of hydrogen-bond acceptors (Lipinski definition) is 4. The number of carbonyl (C=O) groups excluding carboxylic acids is 1. The lowest BCUT2D eigenvalue weighted by Crippen LogP contribution is -2.46. The van der Waals surface area contributed by atoms with E-state index in [0.717, 1.165) is 18.2 Å². The fourth-order valence-corrected chi connectivity index (χ4v) is 1.20. The molecule has 1 unspecified atom stereocenters. The molecule has 0 saturated carbocycles. The second-order valence-electron chi connectivity index (χ2n) is 4.34. The maximum absolute atomic E-state index is 11.5. The fraction of sp³-hybridized carbons (Fsp3) is 0.417. The molecule has 0 saturated heterocycles. The first-order valence-electron chi connectivity index (χ1n) is 5.45. The molecule has 1 atom stereocenters. The Kier molecular flexibility index (Phi) is 4.38. The molecule has 0 aromatic carbocycles. The molecule has 1 heterocycles. The van der Waals surface area contributed by atoms with Crippen LogP contribution < -0.4 is 5.32 Å². The van der Waals surface area contributed by atoms with E-state index in [1.165, 1.54) is 0 Å². The molecule has 1 amide bonds. The molecule has 0 spiro atoms. The lowest BCUT2D eigenvalue weighted by molar-refractivity contribution is -0.156. The Labute approximate surface area is 105 Å². The van der Waals surface area contributed by atoms with Gasteiger partial charge >= 0.3 is 5.97 Å². The van der Waals surface area contributed by atoms with Crippen LogP contribution in [0.1, 0.15) is 18.2 Å². The number of pyridine rings is 1. The first kappa shape index (κ1) is 14.1. The summed E-state index contributed by atoms with van der Waals surface area (Å²) in [5.41, 5.74) is -0.373. The van der Waals surface area contributed by atoms with Gasteiger partial charge in [0.15, 0.2) is 5.60 Å². The highest BCUT2D eigenvalue weighted by atomic mass is 16.4. The highest BCUT2D eigenvalue weighted by Crippen LogP contribution is 2.03. The van der Waals surface area contributed by atoms with Crippen LogP contribution in [0.4, 0.5) is 0 Å². The lowest BCUT2D eigenvalue weighted by Gasteiger charge is -2.18. The fourth-order valence-electron chi connectivity index (χ4n) is 1.20.